The molecular formula is C23H24Cl2N6O4S. The molecule has 1 aromatic heterocycles. The van der Waals surface area contributed by atoms with E-state index in [0.717, 1.165) is 11.8 Å². The monoisotopic (exact) mass is 550 g/mol. The second-order valence-electron chi connectivity index (χ2n) is 8.02. The molecule has 0 aliphatic heterocycles. The number of hydrogen-bond acceptors (Lipinski definition) is 7. The van der Waals surface area contributed by atoms with Crippen molar-refractivity contribution in [1.29, 1.82) is 0 Å². The van der Waals surface area contributed by atoms with Gasteiger partial charge in [-0.15, -0.1) is 10.2 Å². The zero-order valence-corrected chi connectivity index (χ0v) is 22.0. The molecule has 0 aliphatic rings. The van der Waals surface area contributed by atoms with Crippen molar-refractivity contribution in [2.45, 2.75) is 38.5 Å². The number of anilines is 1. The van der Waals surface area contributed by atoms with Crippen molar-refractivity contribution in [1.82, 2.24) is 20.1 Å². The smallest absolute Gasteiger partial charge is 0.271 e. The Morgan fingerprint density at radius 2 is 1.86 bits per heavy atom. The number of nitrogens with one attached hydrogen (secondary N) is 2. The summed E-state index contributed by atoms with van der Waals surface area (Å²) >= 11 is 13.4. The van der Waals surface area contributed by atoms with Crippen LogP contribution in [-0.4, -0.2) is 37.3 Å². The van der Waals surface area contributed by atoms with Gasteiger partial charge in [-0.1, -0.05) is 60.9 Å². The highest BCUT2D eigenvalue weighted by atomic mass is 35.5. The largest absolute Gasteiger partial charge is 0.342 e. The van der Waals surface area contributed by atoms with Crippen LogP contribution in [0.15, 0.2) is 47.6 Å². The lowest BCUT2D eigenvalue weighted by atomic mass is 10.0. The Balaban J connectivity index is 1.73. The van der Waals surface area contributed by atoms with Crippen LogP contribution in [-0.2, 0) is 11.3 Å². The van der Waals surface area contributed by atoms with Gasteiger partial charge in [0, 0.05) is 18.7 Å². The summed E-state index contributed by atoms with van der Waals surface area (Å²) in [4.78, 5) is 35.8. The lowest BCUT2D eigenvalue weighted by molar-refractivity contribution is -0.384. The van der Waals surface area contributed by atoms with E-state index in [-0.39, 0.29) is 34.0 Å². The third-order valence-corrected chi connectivity index (χ3v) is 6.80. The van der Waals surface area contributed by atoms with Gasteiger partial charge < -0.3 is 15.2 Å². The Hall–Kier alpha value is -3.15. The fourth-order valence-electron chi connectivity index (χ4n) is 3.37. The molecule has 3 aromatic rings. The first-order valence-electron chi connectivity index (χ1n) is 11.0. The van der Waals surface area contributed by atoms with Crippen molar-refractivity contribution >= 4 is 58.2 Å². The van der Waals surface area contributed by atoms with Gasteiger partial charge in [0.15, 0.2) is 11.0 Å². The maximum atomic E-state index is 12.9. The Morgan fingerprint density at radius 1 is 1.14 bits per heavy atom. The van der Waals surface area contributed by atoms with E-state index in [4.69, 9.17) is 23.2 Å². The molecular weight excluding hydrogens is 527 g/mol. The van der Waals surface area contributed by atoms with Crippen molar-refractivity contribution in [2.24, 2.45) is 5.92 Å². The van der Waals surface area contributed by atoms with E-state index in [2.05, 4.69) is 20.8 Å². The van der Waals surface area contributed by atoms with E-state index in [1.54, 1.807) is 24.3 Å². The van der Waals surface area contributed by atoms with Crippen molar-refractivity contribution in [3.63, 3.8) is 0 Å². The van der Waals surface area contributed by atoms with Crippen LogP contribution in [0, 0.1) is 16.0 Å². The van der Waals surface area contributed by atoms with Crippen molar-refractivity contribution in [2.75, 3.05) is 11.1 Å². The number of hydrogen-bond donors (Lipinski definition) is 2. The first kappa shape index (κ1) is 27.4. The van der Waals surface area contributed by atoms with Gasteiger partial charge in [-0.2, -0.15) is 0 Å². The molecule has 2 aromatic carbocycles. The number of carbonyl (C=O) groups excluding carboxylic acids is 2. The second kappa shape index (κ2) is 12.2. The Labute approximate surface area is 221 Å². The van der Waals surface area contributed by atoms with E-state index >= 15 is 0 Å². The van der Waals surface area contributed by atoms with E-state index < -0.39 is 16.9 Å². The molecule has 0 unspecified atom stereocenters. The molecule has 0 radical (unpaired) electrons. The fourth-order valence-corrected chi connectivity index (χ4v) is 4.56. The van der Waals surface area contributed by atoms with Gasteiger partial charge in [0.2, 0.25) is 5.91 Å². The lowest BCUT2D eigenvalue weighted by Gasteiger charge is -2.22. The number of thioether (sulfide) groups is 1. The number of non-ortho nitro benzene ring substituents is 1. The van der Waals surface area contributed by atoms with E-state index in [1.165, 1.54) is 18.2 Å². The molecule has 36 heavy (non-hydrogen) atoms. The zero-order valence-electron chi connectivity index (χ0n) is 19.7. The van der Waals surface area contributed by atoms with Crippen LogP contribution < -0.4 is 10.6 Å². The average Bonchev–Trinajstić information content (AvgIpc) is 3.24. The third-order valence-electron chi connectivity index (χ3n) is 5.18. The maximum Gasteiger partial charge on any atom is 0.271 e. The summed E-state index contributed by atoms with van der Waals surface area (Å²) in [6, 6.07) is 10.1. The molecule has 0 bridgehead atoms. The van der Waals surface area contributed by atoms with E-state index in [0.29, 0.717) is 28.1 Å². The van der Waals surface area contributed by atoms with E-state index in [9.17, 15) is 19.7 Å². The van der Waals surface area contributed by atoms with E-state index in [1.807, 2.05) is 25.3 Å². The predicted octanol–water partition coefficient (Wildman–Crippen LogP) is 5.37. The number of nitro groups is 1. The van der Waals surface area contributed by atoms with Gasteiger partial charge in [0.25, 0.3) is 11.6 Å². The van der Waals surface area contributed by atoms with Crippen molar-refractivity contribution < 1.29 is 14.5 Å². The lowest BCUT2D eigenvalue weighted by Crippen LogP contribution is -2.34. The number of amides is 2. The molecule has 0 aliphatic carbocycles. The number of halogens is 2. The summed E-state index contributed by atoms with van der Waals surface area (Å²) in [5.74, 6) is -0.231. The zero-order chi connectivity index (χ0) is 26.4. The van der Waals surface area contributed by atoms with Crippen LogP contribution in [0.2, 0.25) is 10.0 Å². The highest BCUT2D eigenvalue weighted by molar-refractivity contribution is 7.99. The highest BCUT2D eigenvalue weighted by Crippen LogP contribution is 2.28. The fraction of sp³-hybridized carbons (Fsp3) is 0.304. The minimum atomic E-state index is -0.568. The Morgan fingerprint density at radius 3 is 2.50 bits per heavy atom. The van der Waals surface area contributed by atoms with Crippen LogP contribution in [0.1, 0.15) is 43.0 Å². The predicted molar refractivity (Wildman–Crippen MR) is 140 cm³/mol. The average molecular weight is 551 g/mol. The van der Waals surface area contributed by atoms with Crippen LogP contribution in [0.25, 0.3) is 0 Å². The molecule has 0 saturated heterocycles. The molecule has 10 nitrogen and oxygen atoms in total. The topological polar surface area (TPSA) is 132 Å². The standard InChI is InChI=1S/C23H24Cl2N6O4S/c1-4-30-21(20(13(2)3)27-22(33)15-7-5-6-8-16(15)24)28-29-23(30)36-12-19(32)26-18-11-14(31(34)35)9-10-17(18)25/h5-11,13,20H,4,12H2,1-3H3,(H,26,32)(H,27,33)/t20-/m0/s1. The van der Waals surface area contributed by atoms with Crippen LogP contribution in [0.3, 0.4) is 0 Å². The van der Waals surface area contributed by atoms with Gasteiger partial charge in [-0.3, -0.25) is 19.7 Å². The number of aromatic nitrogens is 3. The van der Waals surface area contributed by atoms with Gasteiger partial charge in [0.05, 0.1) is 38.0 Å². The second-order valence-corrected chi connectivity index (χ2v) is 9.78. The van der Waals surface area contributed by atoms with Gasteiger partial charge in [0.1, 0.15) is 0 Å². The normalized spacial score (nSPS) is 11.8. The quantitative estimate of drug-likeness (QED) is 0.197. The molecule has 2 N–H and O–H groups in total. The SMILES string of the molecule is CCn1c(SCC(=O)Nc2cc([N+](=O)[O-])ccc2Cl)nnc1[C@@H](NC(=O)c1ccccc1Cl)C(C)C. The number of rotatable bonds is 10. The summed E-state index contributed by atoms with van der Waals surface area (Å²) in [5.41, 5.74) is 0.325. The minimum absolute atomic E-state index is 0.0110. The summed E-state index contributed by atoms with van der Waals surface area (Å²) in [6.07, 6.45) is 0. The summed E-state index contributed by atoms with van der Waals surface area (Å²) in [7, 11) is 0. The molecule has 1 heterocycles. The molecule has 1 atom stereocenters. The first-order valence-corrected chi connectivity index (χ1v) is 12.7. The molecule has 0 spiro atoms. The molecule has 0 saturated carbocycles. The molecule has 13 heteroatoms. The molecule has 190 valence electrons. The molecule has 2 amide bonds. The van der Waals surface area contributed by atoms with Gasteiger partial charge in [-0.25, -0.2) is 0 Å². The van der Waals surface area contributed by atoms with Crippen LogP contribution in [0.5, 0.6) is 0 Å². The molecule has 3 rings (SSSR count). The Kier molecular flexibility index (Phi) is 9.30. The number of carbonyl (C=O) groups is 2. The summed E-state index contributed by atoms with van der Waals surface area (Å²) < 4.78 is 1.83. The van der Waals surface area contributed by atoms with Gasteiger partial charge in [-0.05, 0) is 31.0 Å². The van der Waals surface area contributed by atoms with Crippen molar-refractivity contribution in [3.05, 3.63) is 74.0 Å². The summed E-state index contributed by atoms with van der Waals surface area (Å²) in [6.45, 7) is 6.33. The van der Waals surface area contributed by atoms with Crippen molar-refractivity contribution in [3.8, 4) is 0 Å². The van der Waals surface area contributed by atoms with Gasteiger partial charge >= 0.3 is 0 Å². The maximum absolute atomic E-state index is 12.9. The molecule has 0 fully saturated rings. The van der Waals surface area contributed by atoms with Crippen LogP contribution in [0.4, 0.5) is 11.4 Å². The number of benzene rings is 2. The first-order chi connectivity index (χ1) is 17.1. The van der Waals surface area contributed by atoms with Crippen LogP contribution >= 0.6 is 35.0 Å². The highest BCUT2D eigenvalue weighted by Gasteiger charge is 2.27. The third kappa shape index (κ3) is 6.54. The Bertz CT molecular complexity index is 1280. The summed E-state index contributed by atoms with van der Waals surface area (Å²) in [5, 5.41) is 26.1. The number of nitrogens with zero attached hydrogens (tertiary/aromatic N) is 4. The minimum Gasteiger partial charge on any atom is -0.342 e. The number of nitro benzene ring substituents is 1.